The largest absolute Gasteiger partial charge is 0.507 e. The number of nitrogens with one attached hydrogen (secondary N) is 1. The fourth-order valence-corrected chi connectivity index (χ4v) is 2.60. The fourth-order valence-electron chi connectivity index (χ4n) is 2.41. The van der Waals surface area contributed by atoms with Crippen LogP contribution in [-0.2, 0) is 6.54 Å². The Morgan fingerprint density at radius 1 is 1.29 bits per heavy atom. The molecule has 0 bridgehead atoms. The minimum Gasteiger partial charge on any atom is -0.507 e. The second kappa shape index (κ2) is 6.24. The van der Waals surface area contributed by atoms with Crippen molar-refractivity contribution >= 4 is 11.6 Å². The number of phenolic OH excluding ortho intramolecular Hbond substituents is 1. The Bertz CT molecular complexity index is 364. The Morgan fingerprint density at radius 2 is 2.06 bits per heavy atom. The maximum absolute atomic E-state index is 9.66. The van der Waals surface area contributed by atoms with Gasteiger partial charge in [0.2, 0.25) is 0 Å². The highest BCUT2D eigenvalue weighted by Gasteiger charge is 2.15. The summed E-state index contributed by atoms with van der Waals surface area (Å²) in [4.78, 5) is 1.72. The Hall–Kier alpha value is -0.770. The molecule has 1 fully saturated rings. The third-order valence-corrected chi connectivity index (χ3v) is 3.65. The summed E-state index contributed by atoms with van der Waals surface area (Å²) in [5.41, 5.74) is 0.925. The van der Waals surface area contributed by atoms with E-state index in [4.69, 9.17) is 11.6 Å². The monoisotopic (exact) mass is 256 g/mol. The maximum atomic E-state index is 9.66. The van der Waals surface area contributed by atoms with Gasteiger partial charge < -0.3 is 15.3 Å². The van der Waals surface area contributed by atoms with Gasteiger partial charge in [-0.05, 0) is 18.2 Å². The van der Waals surface area contributed by atoms with Crippen molar-refractivity contribution in [2.45, 2.75) is 19.4 Å². The van der Waals surface area contributed by atoms with E-state index in [1.165, 1.54) is 32.5 Å². The number of quaternary nitrogens is 2. The van der Waals surface area contributed by atoms with Gasteiger partial charge in [0, 0.05) is 23.4 Å². The molecule has 1 saturated heterocycles. The van der Waals surface area contributed by atoms with Gasteiger partial charge in [0.15, 0.2) is 0 Å². The molecule has 1 aliphatic rings. The van der Waals surface area contributed by atoms with Crippen molar-refractivity contribution in [2.24, 2.45) is 0 Å². The topological polar surface area (TPSA) is 41.3 Å². The molecule has 0 unspecified atom stereocenters. The van der Waals surface area contributed by atoms with Crippen molar-refractivity contribution in [3.8, 4) is 5.75 Å². The molecule has 0 atom stereocenters. The van der Waals surface area contributed by atoms with Crippen molar-refractivity contribution in [3.05, 3.63) is 28.8 Å². The molecule has 3 nitrogen and oxygen atoms in total. The quantitative estimate of drug-likeness (QED) is 0.627. The summed E-state index contributed by atoms with van der Waals surface area (Å²) in [6.07, 6.45) is 2.76. The first-order valence-electron chi connectivity index (χ1n) is 6.38. The van der Waals surface area contributed by atoms with Crippen LogP contribution in [0.1, 0.15) is 18.4 Å². The maximum Gasteiger partial charge on any atom is 0.127 e. The summed E-state index contributed by atoms with van der Waals surface area (Å²) in [7, 11) is 0. The summed E-state index contributed by atoms with van der Waals surface area (Å²) in [5, 5.41) is 12.6. The number of halogens is 1. The average Bonchev–Trinajstić information content (AvgIpc) is 2.82. The Morgan fingerprint density at radius 3 is 2.82 bits per heavy atom. The second-order valence-electron chi connectivity index (χ2n) is 4.76. The molecular weight excluding hydrogens is 236 g/mol. The first kappa shape index (κ1) is 12.7. The molecule has 0 spiro atoms. The lowest BCUT2D eigenvalue weighted by atomic mass is 10.2. The molecule has 1 aromatic carbocycles. The van der Waals surface area contributed by atoms with E-state index in [1.54, 1.807) is 17.0 Å². The van der Waals surface area contributed by atoms with Gasteiger partial charge in [0.05, 0.1) is 13.1 Å². The van der Waals surface area contributed by atoms with Crippen LogP contribution >= 0.6 is 11.6 Å². The fraction of sp³-hybridized carbons (Fsp3) is 0.538. The van der Waals surface area contributed by atoms with Gasteiger partial charge in [-0.3, -0.25) is 0 Å². The highest BCUT2D eigenvalue weighted by molar-refractivity contribution is 6.30. The van der Waals surface area contributed by atoms with Gasteiger partial charge in [-0.15, -0.1) is 0 Å². The molecule has 0 radical (unpaired) electrons. The van der Waals surface area contributed by atoms with Crippen LogP contribution in [0.4, 0.5) is 0 Å². The number of nitrogens with two attached hydrogens (primary N) is 1. The van der Waals surface area contributed by atoms with Crippen LogP contribution in [-0.4, -0.2) is 31.3 Å². The van der Waals surface area contributed by atoms with Crippen LogP contribution in [0.5, 0.6) is 5.75 Å². The number of hydrogen-bond acceptors (Lipinski definition) is 1. The lowest BCUT2D eigenvalue weighted by Crippen LogP contribution is -3.12. The summed E-state index contributed by atoms with van der Waals surface area (Å²) in [6, 6.07) is 5.22. The van der Waals surface area contributed by atoms with Crippen LogP contribution < -0.4 is 10.2 Å². The molecule has 0 amide bonds. The van der Waals surface area contributed by atoms with Crippen molar-refractivity contribution in [1.29, 1.82) is 0 Å². The summed E-state index contributed by atoms with van der Waals surface area (Å²) >= 11 is 5.90. The smallest absolute Gasteiger partial charge is 0.127 e. The summed E-state index contributed by atoms with van der Waals surface area (Å²) in [5.74, 6) is 0.346. The van der Waals surface area contributed by atoms with Crippen LogP contribution in [0.3, 0.4) is 0 Å². The molecule has 0 saturated carbocycles. The van der Waals surface area contributed by atoms with Crippen LogP contribution in [0.2, 0.25) is 5.02 Å². The minimum absolute atomic E-state index is 0.346. The predicted octanol–water partition coefficient (Wildman–Crippen LogP) is -0.212. The zero-order valence-electron chi connectivity index (χ0n) is 10.1. The van der Waals surface area contributed by atoms with Gasteiger partial charge >= 0.3 is 0 Å². The van der Waals surface area contributed by atoms with E-state index in [0.29, 0.717) is 10.8 Å². The summed E-state index contributed by atoms with van der Waals surface area (Å²) in [6.45, 7) is 5.80. The minimum atomic E-state index is 0.346. The number of rotatable bonds is 5. The Labute approximate surface area is 107 Å². The van der Waals surface area contributed by atoms with Crippen LogP contribution in [0.25, 0.3) is 0 Å². The SMILES string of the molecule is Oc1ccc(Cl)cc1C[NH2+]CC[NH+]1CCCC1. The summed E-state index contributed by atoms with van der Waals surface area (Å²) < 4.78 is 0. The van der Waals surface area contributed by atoms with E-state index in [-0.39, 0.29) is 0 Å². The number of hydrogen-bond donors (Lipinski definition) is 3. The van der Waals surface area contributed by atoms with Crippen molar-refractivity contribution in [2.75, 3.05) is 26.2 Å². The van der Waals surface area contributed by atoms with Crippen molar-refractivity contribution in [1.82, 2.24) is 0 Å². The first-order chi connectivity index (χ1) is 8.25. The highest BCUT2D eigenvalue weighted by atomic mass is 35.5. The average molecular weight is 257 g/mol. The van der Waals surface area contributed by atoms with E-state index in [2.05, 4.69) is 5.32 Å². The number of aromatic hydroxyl groups is 1. The van der Waals surface area contributed by atoms with Crippen LogP contribution in [0.15, 0.2) is 18.2 Å². The molecule has 1 heterocycles. The number of likely N-dealkylation sites (tertiary alicyclic amines) is 1. The molecule has 0 aromatic heterocycles. The highest BCUT2D eigenvalue weighted by Crippen LogP contribution is 2.20. The van der Waals surface area contributed by atoms with Crippen LogP contribution in [0, 0.1) is 0 Å². The second-order valence-corrected chi connectivity index (χ2v) is 5.20. The van der Waals surface area contributed by atoms with Gasteiger partial charge in [-0.25, -0.2) is 0 Å². The van der Waals surface area contributed by atoms with Gasteiger partial charge in [0.25, 0.3) is 0 Å². The standard InChI is InChI=1S/C13H19ClN2O/c14-12-3-4-13(17)11(9-12)10-15-5-8-16-6-1-2-7-16/h3-4,9,15,17H,1-2,5-8,10H2/p+2. The zero-order chi connectivity index (χ0) is 12.1. The number of phenols is 1. The third kappa shape index (κ3) is 3.87. The van der Waals surface area contributed by atoms with E-state index in [0.717, 1.165) is 18.7 Å². The lowest BCUT2D eigenvalue weighted by molar-refractivity contribution is -0.901. The molecule has 17 heavy (non-hydrogen) atoms. The number of benzene rings is 1. The van der Waals surface area contributed by atoms with Crippen molar-refractivity contribution < 1.29 is 15.3 Å². The third-order valence-electron chi connectivity index (χ3n) is 3.42. The van der Waals surface area contributed by atoms with E-state index >= 15 is 0 Å². The lowest BCUT2D eigenvalue weighted by Gasteiger charge is -2.11. The Balaban J connectivity index is 1.72. The molecule has 4 N–H and O–H groups in total. The molecule has 1 aliphatic heterocycles. The van der Waals surface area contributed by atoms with E-state index < -0.39 is 0 Å². The predicted molar refractivity (Wildman–Crippen MR) is 68.4 cm³/mol. The zero-order valence-corrected chi connectivity index (χ0v) is 10.8. The Kier molecular flexibility index (Phi) is 4.66. The molecule has 4 heteroatoms. The van der Waals surface area contributed by atoms with Crippen molar-refractivity contribution in [3.63, 3.8) is 0 Å². The molecular formula is C13H21ClN2O+2. The molecule has 94 valence electrons. The molecule has 0 aliphatic carbocycles. The van der Waals surface area contributed by atoms with Gasteiger partial charge in [-0.1, -0.05) is 11.6 Å². The molecule has 2 rings (SSSR count). The van der Waals surface area contributed by atoms with Gasteiger partial charge in [-0.2, -0.15) is 0 Å². The normalized spacial score (nSPS) is 16.5. The molecule has 1 aromatic rings. The van der Waals surface area contributed by atoms with E-state index in [1.807, 2.05) is 6.07 Å². The van der Waals surface area contributed by atoms with Gasteiger partial charge in [0.1, 0.15) is 25.4 Å². The first-order valence-corrected chi connectivity index (χ1v) is 6.76. The van der Waals surface area contributed by atoms with E-state index in [9.17, 15) is 5.11 Å².